The third-order valence-corrected chi connectivity index (χ3v) is 4.14. The van der Waals surface area contributed by atoms with Crippen LogP contribution in [0.2, 0.25) is 0 Å². The summed E-state index contributed by atoms with van der Waals surface area (Å²) >= 11 is 0. The van der Waals surface area contributed by atoms with Gasteiger partial charge in [-0.2, -0.15) is 0 Å². The first-order chi connectivity index (χ1) is 9.84. The standard InChI is InChI=1S/C17H22N2O/c20-16(13-14-7-2-1-3-8-14)15-9-4-5-11-19-12-6-10-18-17(15)19/h1-3,7-8,13,15,20H,4-6,9-12H2/b16-13-. The Kier molecular flexibility index (Phi) is 4.05. The third kappa shape index (κ3) is 2.87. The summed E-state index contributed by atoms with van der Waals surface area (Å²) in [5.41, 5.74) is 1.05. The van der Waals surface area contributed by atoms with Crippen LogP contribution in [0, 0.1) is 5.92 Å². The first kappa shape index (κ1) is 13.2. The van der Waals surface area contributed by atoms with Gasteiger partial charge in [-0.05, 0) is 30.9 Å². The molecule has 106 valence electrons. The van der Waals surface area contributed by atoms with Gasteiger partial charge in [0.05, 0.1) is 5.92 Å². The minimum Gasteiger partial charge on any atom is -0.512 e. The highest BCUT2D eigenvalue weighted by atomic mass is 16.3. The Bertz CT molecular complexity index is 507. The van der Waals surface area contributed by atoms with Crippen LogP contribution >= 0.6 is 0 Å². The Morgan fingerprint density at radius 1 is 1.15 bits per heavy atom. The summed E-state index contributed by atoms with van der Waals surface area (Å²) in [5, 5.41) is 10.5. The summed E-state index contributed by atoms with van der Waals surface area (Å²) in [7, 11) is 0. The maximum absolute atomic E-state index is 10.5. The summed E-state index contributed by atoms with van der Waals surface area (Å²) in [5.74, 6) is 1.65. The van der Waals surface area contributed by atoms with E-state index in [4.69, 9.17) is 4.99 Å². The van der Waals surface area contributed by atoms with Gasteiger partial charge in [0, 0.05) is 19.6 Å². The van der Waals surface area contributed by atoms with Crippen molar-refractivity contribution >= 4 is 11.9 Å². The van der Waals surface area contributed by atoms with Crippen LogP contribution in [0.25, 0.3) is 6.08 Å². The second kappa shape index (κ2) is 6.12. The lowest BCUT2D eigenvalue weighted by Crippen LogP contribution is -2.39. The Morgan fingerprint density at radius 3 is 2.80 bits per heavy atom. The van der Waals surface area contributed by atoms with Crippen LogP contribution < -0.4 is 0 Å². The van der Waals surface area contributed by atoms with Crippen molar-refractivity contribution in [1.29, 1.82) is 0 Å². The molecule has 3 heteroatoms. The normalized spacial score (nSPS) is 23.8. The second-order valence-corrected chi connectivity index (χ2v) is 5.61. The average molecular weight is 270 g/mol. The molecule has 1 fully saturated rings. The average Bonchev–Trinajstić information content (AvgIpc) is 2.70. The lowest BCUT2D eigenvalue weighted by molar-refractivity contribution is 0.341. The lowest BCUT2D eigenvalue weighted by atomic mass is 9.97. The number of benzene rings is 1. The fourth-order valence-corrected chi connectivity index (χ4v) is 3.11. The molecule has 2 aliphatic heterocycles. The van der Waals surface area contributed by atoms with Gasteiger partial charge in [-0.15, -0.1) is 0 Å². The van der Waals surface area contributed by atoms with Gasteiger partial charge < -0.3 is 10.0 Å². The van der Waals surface area contributed by atoms with Crippen LogP contribution in [0.1, 0.15) is 31.2 Å². The van der Waals surface area contributed by atoms with Crippen LogP contribution in [0.3, 0.4) is 0 Å². The Balaban J connectivity index is 1.86. The fraction of sp³-hybridized carbons (Fsp3) is 0.471. The van der Waals surface area contributed by atoms with E-state index in [9.17, 15) is 5.11 Å². The van der Waals surface area contributed by atoms with Crippen molar-refractivity contribution in [2.75, 3.05) is 19.6 Å². The number of nitrogens with zero attached hydrogens (tertiary/aromatic N) is 2. The zero-order valence-electron chi connectivity index (χ0n) is 11.8. The second-order valence-electron chi connectivity index (χ2n) is 5.61. The molecule has 3 nitrogen and oxygen atoms in total. The first-order valence-corrected chi connectivity index (χ1v) is 7.59. The van der Waals surface area contributed by atoms with Crippen molar-refractivity contribution in [1.82, 2.24) is 4.90 Å². The monoisotopic (exact) mass is 270 g/mol. The summed E-state index contributed by atoms with van der Waals surface area (Å²) in [6, 6.07) is 10.0. The van der Waals surface area contributed by atoms with E-state index >= 15 is 0 Å². The number of hydrogen-bond acceptors (Lipinski definition) is 3. The molecule has 1 N–H and O–H groups in total. The number of aliphatic hydroxyl groups excluding tert-OH is 1. The van der Waals surface area contributed by atoms with E-state index in [1.807, 2.05) is 36.4 Å². The fourth-order valence-electron chi connectivity index (χ4n) is 3.11. The van der Waals surface area contributed by atoms with Crippen LogP contribution in [-0.2, 0) is 0 Å². The number of fused-ring (bicyclic) bond motifs is 1. The highest BCUT2D eigenvalue weighted by Gasteiger charge is 2.29. The molecule has 1 aromatic carbocycles. The third-order valence-electron chi connectivity index (χ3n) is 4.14. The molecule has 1 unspecified atom stereocenters. The Morgan fingerprint density at radius 2 is 1.95 bits per heavy atom. The first-order valence-electron chi connectivity index (χ1n) is 7.59. The highest BCUT2D eigenvalue weighted by molar-refractivity contribution is 5.88. The molecular weight excluding hydrogens is 248 g/mol. The van der Waals surface area contributed by atoms with E-state index in [1.165, 1.54) is 6.42 Å². The topological polar surface area (TPSA) is 35.8 Å². The van der Waals surface area contributed by atoms with Crippen molar-refractivity contribution in [3.05, 3.63) is 41.7 Å². The zero-order chi connectivity index (χ0) is 13.8. The van der Waals surface area contributed by atoms with Gasteiger partial charge in [-0.3, -0.25) is 4.99 Å². The molecule has 1 saturated heterocycles. The quantitative estimate of drug-likeness (QED) is 0.835. The molecule has 2 heterocycles. The molecule has 0 spiro atoms. The van der Waals surface area contributed by atoms with E-state index in [-0.39, 0.29) is 5.92 Å². The predicted octanol–water partition coefficient (Wildman–Crippen LogP) is 3.49. The largest absolute Gasteiger partial charge is 0.512 e. The van der Waals surface area contributed by atoms with Crippen LogP contribution in [0.15, 0.2) is 41.1 Å². The summed E-state index contributed by atoms with van der Waals surface area (Å²) < 4.78 is 0. The molecule has 0 aromatic heterocycles. The van der Waals surface area contributed by atoms with Gasteiger partial charge in [0.2, 0.25) is 0 Å². The van der Waals surface area contributed by atoms with Crippen molar-refractivity contribution in [2.45, 2.75) is 25.7 Å². The van der Waals surface area contributed by atoms with E-state index in [0.717, 1.165) is 50.3 Å². The Labute approximate surface area is 120 Å². The zero-order valence-corrected chi connectivity index (χ0v) is 11.8. The van der Waals surface area contributed by atoms with Crippen molar-refractivity contribution in [3.8, 4) is 0 Å². The number of aliphatic imine (C=N–C) groups is 1. The maximum atomic E-state index is 10.5. The van der Waals surface area contributed by atoms with Gasteiger partial charge in [-0.25, -0.2) is 0 Å². The maximum Gasteiger partial charge on any atom is 0.110 e. The SMILES string of the molecule is O/C(=C\c1ccccc1)C1CCCCN2CCCN=C12. The van der Waals surface area contributed by atoms with E-state index < -0.39 is 0 Å². The Hall–Kier alpha value is -1.77. The smallest absolute Gasteiger partial charge is 0.110 e. The molecule has 0 bridgehead atoms. The van der Waals surface area contributed by atoms with Crippen LogP contribution in [0.4, 0.5) is 0 Å². The molecule has 0 radical (unpaired) electrons. The minimum atomic E-state index is 0.0815. The molecule has 2 aliphatic rings. The number of amidine groups is 1. The van der Waals surface area contributed by atoms with Crippen LogP contribution in [0.5, 0.6) is 0 Å². The number of rotatable bonds is 2. The van der Waals surface area contributed by atoms with Crippen molar-refractivity contribution < 1.29 is 5.11 Å². The van der Waals surface area contributed by atoms with E-state index in [2.05, 4.69) is 4.90 Å². The molecule has 0 aliphatic carbocycles. The minimum absolute atomic E-state index is 0.0815. The van der Waals surface area contributed by atoms with Gasteiger partial charge in [-0.1, -0.05) is 36.8 Å². The molecule has 1 atom stereocenters. The van der Waals surface area contributed by atoms with Gasteiger partial charge in [0.15, 0.2) is 0 Å². The summed E-state index contributed by atoms with van der Waals surface area (Å²) in [6.07, 6.45) is 6.40. The van der Waals surface area contributed by atoms with Crippen LogP contribution in [-0.4, -0.2) is 35.5 Å². The molecule has 0 saturated carbocycles. The van der Waals surface area contributed by atoms with Crippen molar-refractivity contribution in [2.24, 2.45) is 10.9 Å². The molecule has 3 rings (SSSR count). The van der Waals surface area contributed by atoms with Gasteiger partial charge in [0.1, 0.15) is 11.6 Å². The molecule has 20 heavy (non-hydrogen) atoms. The number of hydrogen-bond donors (Lipinski definition) is 1. The number of aliphatic hydroxyl groups is 1. The molecular formula is C17H22N2O. The summed E-state index contributed by atoms with van der Waals surface area (Å²) in [4.78, 5) is 7.07. The van der Waals surface area contributed by atoms with Crippen molar-refractivity contribution in [3.63, 3.8) is 0 Å². The highest BCUT2D eigenvalue weighted by Crippen LogP contribution is 2.27. The van der Waals surface area contributed by atoms with E-state index in [0.29, 0.717) is 5.76 Å². The molecule has 0 amide bonds. The van der Waals surface area contributed by atoms with Gasteiger partial charge in [0.25, 0.3) is 0 Å². The molecule has 1 aromatic rings. The van der Waals surface area contributed by atoms with E-state index in [1.54, 1.807) is 0 Å². The summed E-state index contributed by atoms with van der Waals surface area (Å²) in [6.45, 7) is 3.09. The van der Waals surface area contributed by atoms with Gasteiger partial charge >= 0.3 is 0 Å². The lowest BCUT2D eigenvalue weighted by Gasteiger charge is -2.31. The predicted molar refractivity (Wildman–Crippen MR) is 82.9 cm³/mol.